The van der Waals surface area contributed by atoms with Gasteiger partial charge in [0.2, 0.25) is 5.78 Å². The topological polar surface area (TPSA) is 67.6 Å². The lowest BCUT2D eigenvalue weighted by atomic mass is 9.97. The Hall–Kier alpha value is -2.76. The Balaban J connectivity index is 1.74. The van der Waals surface area contributed by atoms with E-state index in [4.69, 9.17) is 4.42 Å². The van der Waals surface area contributed by atoms with E-state index >= 15 is 0 Å². The van der Waals surface area contributed by atoms with E-state index in [0.717, 1.165) is 5.56 Å². The molecule has 2 heterocycles. The van der Waals surface area contributed by atoms with Crippen molar-refractivity contribution in [1.82, 2.24) is 4.90 Å². The Morgan fingerprint density at radius 2 is 2.00 bits per heavy atom. The van der Waals surface area contributed by atoms with Crippen molar-refractivity contribution in [1.29, 1.82) is 0 Å². The van der Waals surface area contributed by atoms with Crippen molar-refractivity contribution in [3.63, 3.8) is 0 Å². The van der Waals surface area contributed by atoms with Gasteiger partial charge < -0.3 is 9.32 Å². The third-order valence-corrected chi connectivity index (χ3v) is 3.88. The minimum Gasteiger partial charge on any atom is -0.468 e. The molecule has 0 aliphatic carbocycles. The quantitative estimate of drug-likeness (QED) is 0.490. The van der Waals surface area contributed by atoms with Crippen LogP contribution in [0.1, 0.15) is 21.7 Å². The van der Waals surface area contributed by atoms with E-state index in [1.807, 2.05) is 0 Å². The maximum atomic E-state index is 12.9. The van der Waals surface area contributed by atoms with E-state index in [1.54, 1.807) is 18.2 Å². The van der Waals surface area contributed by atoms with Crippen LogP contribution in [0.25, 0.3) is 0 Å². The first-order valence-electron chi connectivity index (χ1n) is 7.11. The molecule has 1 aliphatic rings. The highest BCUT2D eigenvalue weighted by Crippen LogP contribution is 2.21. The second kappa shape index (κ2) is 5.79. The van der Waals surface area contributed by atoms with Gasteiger partial charge in [0, 0.05) is 20.0 Å². The Kier molecular flexibility index (Phi) is 3.82. The van der Waals surface area contributed by atoms with Crippen LogP contribution in [0.3, 0.4) is 0 Å². The molecule has 0 saturated carbocycles. The molecule has 3 rings (SSSR count). The molecule has 1 unspecified atom stereocenters. The largest absolute Gasteiger partial charge is 0.468 e. The number of likely N-dealkylation sites (tertiary alicyclic amines) is 1. The number of likely N-dealkylation sites (N-methyl/N-ethyl adjacent to an activating group) is 1. The second-order valence-corrected chi connectivity index (χ2v) is 5.57. The molecule has 1 aliphatic heterocycles. The van der Waals surface area contributed by atoms with Gasteiger partial charge in [-0.05, 0) is 23.8 Å². The monoisotopic (exact) mass is 315 g/mol. The molecule has 0 bridgehead atoms. The maximum absolute atomic E-state index is 12.9. The molecule has 1 aromatic carbocycles. The number of benzene rings is 1. The molecule has 0 spiro atoms. The fourth-order valence-corrected chi connectivity index (χ4v) is 2.59. The molecule has 2 aromatic rings. The normalized spacial score (nSPS) is 17.8. The van der Waals surface area contributed by atoms with Gasteiger partial charge in [-0.1, -0.05) is 12.1 Å². The first-order valence-corrected chi connectivity index (χ1v) is 7.11. The summed E-state index contributed by atoms with van der Waals surface area (Å²) in [5.41, 5.74) is 1.11. The van der Waals surface area contributed by atoms with E-state index in [9.17, 15) is 18.8 Å². The van der Waals surface area contributed by atoms with E-state index in [0.29, 0.717) is 12.2 Å². The molecule has 0 radical (unpaired) electrons. The molecule has 1 aromatic heterocycles. The second-order valence-electron chi connectivity index (χ2n) is 5.57. The number of amides is 1. The van der Waals surface area contributed by atoms with E-state index in [1.165, 1.54) is 30.3 Å². The molecular formula is C17H14FNO4. The Morgan fingerprint density at radius 1 is 1.30 bits per heavy atom. The van der Waals surface area contributed by atoms with Gasteiger partial charge >= 0.3 is 0 Å². The summed E-state index contributed by atoms with van der Waals surface area (Å²) in [6.45, 7) is 0.0922. The fourth-order valence-electron chi connectivity index (χ4n) is 2.59. The average Bonchev–Trinajstić information content (AvgIpc) is 3.10. The van der Waals surface area contributed by atoms with Crippen molar-refractivity contribution in [3.05, 3.63) is 59.3 Å². The molecule has 118 valence electrons. The van der Waals surface area contributed by atoms with E-state index in [2.05, 4.69) is 0 Å². The van der Waals surface area contributed by atoms with Gasteiger partial charge in [0.25, 0.3) is 5.91 Å². The number of halogens is 1. The fraction of sp³-hybridized carbons (Fsp3) is 0.235. The summed E-state index contributed by atoms with van der Waals surface area (Å²) in [6.07, 6.45) is 1.70. The highest BCUT2D eigenvalue weighted by molar-refractivity contribution is 6.43. The minimum absolute atomic E-state index is 0.0922. The lowest BCUT2D eigenvalue weighted by Gasteiger charge is -2.06. The van der Waals surface area contributed by atoms with Crippen molar-refractivity contribution < 1.29 is 23.2 Å². The predicted octanol–water partition coefficient (Wildman–Crippen LogP) is 1.85. The maximum Gasteiger partial charge on any atom is 0.290 e. The van der Waals surface area contributed by atoms with Crippen LogP contribution in [0, 0.1) is 11.7 Å². The van der Waals surface area contributed by atoms with Crippen molar-refractivity contribution in [2.24, 2.45) is 5.92 Å². The minimum atomic E-state index is -0.969. The SMILES string of the molecule is CN1CC(C(=O)c2coc(Cc3ccc(F)cc3)c2)C(=O)C1=O. The molecule has 1 amide bonds. The number of ketones is 2. The Morgan fingerprint density at radius 3 is 2.61 bits per heavy atom. The third kappa shape index (κ3) is 2.92. The summed E-state index contributed by atoms with van der Waals surface area (Å²) < 4.78 is 18.2. The van der Waals surface area contributed by atoms with Crippen molar-refractivity contribution in [2.75, 3.05) is 13.6 Å². The van der Waals surface area contributed by atoms with Gasteiger partial charge in [-0.2, -0.15) is 0 Å². The van der Waals surface area contributed by atoms with Crippen molar-refractivity contribution >= 4 is 17.5 Å². The summed E-state index contributed by atoms with van der Waals surface area (Å²) in [5, 5.41) is 0. The number of rotatable bonds is 4. The van der Waals surface area contributed by atoms with Crippen LogP contribution in [0.5, 0.6) is 0 Å². The molecule has 1 saturated heterocycles. The van der Waals surface area contributed by atoms with Crippen LogP contribution >= 0.6 is 0 Å². The third-order valence-electron chi connectivity index (χ3n) is 3.88. The standard InChI is InChI=1S/C17H14FNO4/c1-19-8-14(16(21)17(19)22)15(20)11-7-13(23-9-11)6-10-2-4-12(18)5-3-10/h2-5,7,9,14H,6,8H2,1H3. The van der Waals surface area contributed by atoms with Crippen molar-refractivity contribution in [3.8, 4) is 0 Å². The molecule has 6 heteroatoms. The number of nitrogens with zero attached hydrogens (tertiary/aromatic N) is 1. The van der Waals surface area contributed by atoms with Gasteiger partial charge in [0.05, 0.1) is 5.56 Å². The summed E-state index contributed by atoms with van der Waals surface area (Å²) in [6, 6.07) is 7.52. The molecule has 1 fully saturated rings. The van der Waals surface area contributed by atoms with Gasteiger partial charge in [0.1, 0.15) is 23.8 Å². The number of carbonyl (C=O) groups is 3. The van der Waals surface area contributed by atoms with Gasteiger partial charge in [-0.25, -0.2) is 4.39 Å². The zero-order valence-electron chi connectivity index (χ0n) is 12.4. The predicted molar refractivity (Wildman–Crippen MR) is 78.4 cm³/mol. The Bertz CT molecular complexity index is 778. The van der Waals surface area contributed by atoms with Gasteiger partial charge in [-0.3, -0.25) is 14.4 Å². The highest BCUT2D eigenvalue weighted by atomic mass is 19.1. The summed E-state index contributed by atoms with van der Waals surface area (Å²) in [7, 11) is 1.49. The van der Waals surface area contributed by atoms with Gasteiger partial charge in [-0.15, -0.1) is 0 Å². The van der Waals surface area contributed by atoms with E-state index < -0.39 is 23.4 Å². The average molecular weight is 315 g/mol. The lowest BCUT2D eigenvalue weighted by Crippen LogP contribution is -2.23. The number of hydrogen-bond donors (Lipinski definition) is 0. The first-order chi connectivity index (χ1) is 11.0. The molecule has 0 N–H and O–H groups in total. The van der Waals surface area contributed by atoms with Crippen LogP contribution in [-0.2, 0) is 16.0 Å². The summed E-state index contributed by atoms with van der Waals surface area (Å²) in [5.74, 6) is -2.49. The molecule has 23 heavy (non-hydrogen) atoms. The lowest BCUT2D eigenvalue weighted by molar-refractivity contribution is -0.139. The zero-order chi connectivity index (χ0) is 16.6. The summed E-state index contributed by atoms with van der Waals surface area (Å²) >= 11 is 0. The molecule has 5 nitrogen and oxygen atoms in total. The van der Waals surface area contributed by atoms with Gasteiger partial charge in [0.15, 0.2) is 5.78 Å². The number of Topliss-reactive ketones (excluding diaryl/α,β-unsaturated/α-hetero) is 2. The first kappa shape index (κ1) is 15.1. The molecule has 1 atom stereocenters. The number of furan rings is 1. The Labute approximate surface area is 131 Å². The smallest absolute Gasteiger partial charge is 0.290 e. The molecular weight excluding hydrogens is 301 g/mol. The van der Waals surface area contributed by atoms with Crippen molar-refractivity contribution in [2.45, 2.75) is 6.42 Å². The van der Waals surface area contributed by atoms with Crippen LogP contribution in [0.15, 0.2) is 41.0 Å². The number of carbonyl (C=O) groups excluding carboxylic acids is 3. The van der Waals surface area contributed by atoms with Crippen LogP contribution in [0.4, 0.5) is 4.39 Å². The van der Waals surface area contributed by atoms with Crippen LogP contribution in [0.2, 0.25) is 0 Å². The van der Waals surface area contributed by atoms with E-state index in [-0.39, 0.29) is 17.9 Å². The van der Waals surface area contributed by atoms with Crippen LogP contribution in [-0.4, -0.2) is 36.0 Å². The zero-order valence-corrected chi connectivity index (χ0v) is 12.4. The van der Waals surface area contributed by atoms with Crippen LogP contribution < -0.4 is 0 Å². The number of hydrogen-bond acceptors (Lipinski definition) is 4. The summed E-state index contributed by atoms with van der Waals surface area (Å²) in [4.78, 5) is 36.9. The highest BCUT2D eigenvalue weighted by Gasteiger charge is 2.41.